The fourth-order valence-electron chi connectivity index (χ4n) is 1.99. The highest BCUT2D eigenvalue weighted by Gasteiger charge is 2.28. The Bertz CT molecular complexity index is 573. The van der Waals surface area contributed by atoms with Crippen LogP contribution in [0.15, 0.2) is 24.3 Å². The van der Waals surface area contributed by atoms with Gasteiger partial charge in [-0.3, -0.25) is 4.79 Å². The number of benzene rings is 1. The van der Waals surface area contributed by atoms with Crippen LogP contribution in [0.3, 0.4) is 0 Å². The highest BCUT2D eigenvalue weighted by atomic mass is 16.6. The Morgan fingerprint density at radius 3 is 2.90 bits per heavy atom. The van der Waals surface area contributed by atoms with E-state index >= 15 is 0 Å². The lowest BCUT2D eigenvalue weighted by molar-refractivity contribution is -0.162. The average molecular weight is 288 g/mol. The first-order valence-corrected chi connectivity index (χ1v) is 6.74. The highest BCUT2D eigenvalue weighted by molar-refractivity contribution is 5.96. The zero-order chi connectivity index (χ0) is 15.2. The molecule has 0 spiro atoms. The summed E-state index contributed by atoms with van der Waals surface area (Å²) in [4.78, 5) is 23.7. The van der Waals surface area contributed by atoms with Gasteiger partial charge in [0.05, 0.1) is 11.3 Å². The van der Waals surface area contributed by atoms with Gasteiger partial charge in [-0.25, -0.2) is 4.79 Å². The Labute approximate surface area is 122 Å². The molecule has 0 unspecified atom stereocenters. The van der Waals surface area contributed by atoms with Gasteiger partial charge < -0.3 is 14.8 Å². The summed E-state index contributed by atoms with van der Waals surface area (Å²) >= 11 is 0. The molecule has 0 aliphatic carbocycles. The number of carbonyl (C=O) groups excluding carboxylic acids is 2. The second kappa shape index (κ2) is 6.86. The highest BCUT2D eigenvalue weighted by Crippen LogP contribution is 2.16. The second-order valence-electron chi connectivity index (χ2n) is 4.73. The van der Waals surface area contributed by atoms with Crippen LogP contribution < -0.4 is 5.32 Å². The molecule has 0 bridgehead atoms. The van der Waals surface area contributed by atoms with Gasteiger partial charge in [0.2, 0.25) is 0 Å². The van der Waals surface area contributed by atoms with E-state index in [1.54, 1.807) is 24.3 Å². The molecular formula is C15H16N2O4. The number of hydrogen-bond acceptors (Lipinski definition) is 5. The fourth-order valence-corrected chi connectivity index (χ4v) is 1.99. The van der Waals surface area contributed by atoms with Gasteiger partial charge in [-0.15, -0.1) is 0 Å². The molecule has 6 heteroatoms. The Morgan fingerprint density at radius 2 is 2.24 bits per heavy atom. The Hall–Kier alpha value is -2.39. The third kappa shape index (κ3) is 3.80. The SMILES string of the molecule is C[C@@H](OC(=O)[C@H]1CCCO1)C(=O)Nc1ccccc1C#N. The standard InChI is InChI=1S/C15H16N2O4/c1-10(21-15(19)13-7-4-8-20-13)14(18)17-12-6-3-2-5-11(12)9-16/h2-3,5-6,10,13H,4,7-8H2,1H3,(H,17,18)/t10-,13-/m1/s1. The zero-order valence-corrected chi connectivity index (χ0v) is 11.7. The molecule has 0 radical (unpaired) electrons. The number of anilines is 1. The summed E-state index contributed by atoms with van der Waals surface area (Å²) in [5.41, 5.74) is 0.744. The summed E-state index contributed by atoms with van der Waals surface area (Å²) in [5, 5.41) is 11.5. The van der Waals surface area contributed by atoms with Crippen LogP contribution >= 0.6 is 0 Å². The van der Waals surface area contributed by atoms with Crippen molar-refractivity contribution in [2.45, 2.75) is 32.0 Å². The van der Waals surface area contributed by atoms with E-state index in [-0.39, 0.29) is 0 Å². The van der Waals surface area contributed by atoms with Gasteiger partial charge in [0.15, 0.2) is 12.2 Å². The molecule has 110 valence electrons. The minimum absolute atomic E-state index is 0.350. The van der Waals surface area contributed by atoms with Crippen LogP contribution in [-0.2, 0) is 19.1 Å². The lowest BCUT2D eigenvalue weighted by atomic mass is 10.2. The number of esters is 1. The molecule has 1 aromatic carbocycles. The van der Waals surface area contributed by atoms with Crippen LogP contribution in [0.1, 0.15) is 25.3 Å². The molecule has 0 aromatic heterocycles. The molecule has 1 aliphatic heterocycles. The smallest absolute Gasteiger partial charge is 0.336 e. The minimum Gasteiger partial charge on any atom is -0.451 e. The summed E-state index contributed by atoms with van der Waals surface area (Å²) in [7, 11) is 0. The van der Waals surface area contributed by atoms with E-state index < -0.39 is 24.1 Å². The molecule has 1 aliphatic rings. The van der Waals surface area contributed by atoms with Crippen molar-refractivity contribution in [3.05, 3.63) is 29.8 Å². The minimum atomic E-state index is -0.951. The van der Waals surface area contributed by atoms with Gasteiger partial charge in [-0.1, -0.05) is 12.1 Å². The molecule has 21 heavy (non-hydrogen) atoms. The summed E-state index contributed by atoms with van der Waals surface area (Å²) < 4.78 is 10.3. The molecule has 1 heterocycles. The molecule has 1 fully saturated rings. The summed E-state index contributed by atoms with van der Waals surface area (Å²) in [6, 6.07) is 8.61. The van der Waals surface area contributed by atoms with Crippen LogP contribution in [0.4, 0.5) is 5.69 Å². The van der Waals surface area contributed by atoms with Crippen molar-refractivity contribution >= 4 is 17.6 Å². The molecular weight excluding hydrogens is 272 g/mol. The predicted molar refractivity (Wildman–Crippen MR) is 74.3 cm³/mol. The van der Waals surface area contributed by atoms with Gasteiger partial charge in [0, 0.05) is 6.61 Å². The van der Waals surface area contributed by atoms with Crippen molar-refractivity contribution < 1.29 is 19.1 Å². The number of nitrogens with zero attached hydrogens (tertiary/aromatic N) is 1. The number of ether oxygens (including phenoxy) is 2. The van der Waals surface area contributed by atoms with Gasteiger partial charge in [-0.05, 0) is 31.9 Å². The fraction of sp³-hybridized carbons (Fsp3) is 0.400. The predicted octanol–water partition coefficient (Wildman–Crippen LogP) is 1.61. The third-order valence-electron chi connectivity index (χ3n) is 3.16. The van der Waals surface area contributed by atoms with Gasteiger partial charge in [0.25, 0.3) is 5.91 Å². The number of para-hydroxylation sites is 1. The molecule has 1 aromatic rings. The summed E-state index contributed by atoms with van der Waals surface area (Å²) in [5.74, 6) is -1.01. The van der Waals surface area contributed by atoms with Crippen molar-refractivity contribution in [1.82, 2.24) is 0 Å². The van der Waals surface area contributed by atoms with E-state index in [0.29, 0.717) is 24.3 Å². The van der Waals surface area contributed by atoms with Crippen molar-refractivity contribution in [2.24, 2.45) is 0 Å². The van der Waals surface area contributed by atoms with Crippen molar-refractivity contribution in [1.29, 1.82) is 5.26 Å². The molecule has 1 N–H and O–H groups in total. The van der Waals surface area contributed by atoms with Crippen molar-refractivity contribution in [2.75, 3.05) is 11.9 Å². The van der Waals surface area contributed by atoms with Gasteiger partial charge in [0.1, 0.15) is 6.07 Å². The Balaban J connectivity index is 1.93. The molecule has 2 rings (SSSR count). The van der Waals surface area contributed by atoms with Crippen LogP contribution in [0.5, 0.6) is 0 Å². The maximum absolute atomic E-state index is 12.0. The Kier molecular flexibility index (Phi) is 4.90. The first-order valence-electron chi connectivity index (χ1n) is 6.74. The molecule has 1 amide bonds. The van der Waals surface area contributed by atoms with Crippen LogP contribution in [0.2, 0.25) is 0 Å². The zero-order valence-electron chi connectivity index (χ0n) is 11.7. The number of nitrogens with one attached hydrogen (secondary N) is 1. The van der Waals surface area contributed by atoms with E-state index in [1.807, 2.05) is 6.07 Å². The number of amides is 1. The Morgan fingerprint density at radius 1 is 1.48 bits per heavy atom. The normalized spacial score (nSPS) is 18.6. The lowest BCUT2D eigenvalue weighted by Crippen LogP contribution is -2.34. The average Bonchev–Trinajstić information content (AvgIpc) is 3.02. The van der Waals surface area contributed by atoms with Gasteiger partial charge >= 0.3 is 5.97 Å². The number of carbonyl (C=O) groups is 2. The maximum Gasteiger partial charge on any atom is 0.336 e. The largest absolute Gasteiger partial charge is 0.451 e. The third-order valence-corrected chi connectivity index (χ3v) is 3.16. The molecule has 6 nitrogen and oxygen atoms in total. The number of hydrogen-bond donors (Lipinski definition) is 1. The molecule has 2 atom stereocenters. The quantitative estimate of drug-likeness (QED) is 0.850. The van der Waals surface area contributed by atoms with Crippen LogP contribution in [-0.4, -0.2) is 30.7 Å². The summed E-state index contributed by atoms with van der Waals surface area (Å²) in [6.07, 6.45) is -0.0968. The number of rotatable bonds is 4. The molecule has 0 saturated carbocycles. The first kappa shape index (κ1) is 15.0. The van der Waals surface area contributed by atoms with E-state index in [4.69, 9.17) is 14.7 Å². The monoisotopic (exact) mass is 288 g/mol. The molecule has 1 saturated heterocycles. The van der Waals surface area contributed by atoms with E-state index in [2.05, 4.69) is 5.32 Å². The van der Waals surface area contributed by atoms with Crippen LogP contribution in [0.25, 0.3) is 0 Å². The number of nitriles is 1. The van der Waals surface area contributed by atoms with E-state index in [0.717, 1.165) is 6.42 Å². The lowest BCUT2D eigenvalue weighted by Gasteiger charge is -2.16. The maximum atomic E-state index is 12.0. The van der Waals surface area contributed by atoms with E-state index in [9.17, 15) is 9.59 Å². The summed E-state index contributed by atoms with van der Waals surface area (Å²) in [6.45, 7) is 2.02. The van der Waals surface area contributed by atoms with E-state index in [1.165, 1.54) is 6.92 Å². The topological polar surface area (TPSA) is 88.4 Å². The first-order chi connectivity index (χ1) is 10.1. The van der Waals surface area contributed by atoms with Crippen molar-refractivity contribution in [3.63, 3.8) is 0 Å². The van der Waals surface area contributed by atoms with Crippen LogP contribution in [0, 0.1) is 11.3 Å². The van der Waals surface area contributed by atoms with Crippen molar-refractivity contribution in [3.8, 4) is 6.07 Å². The second-order valence-corrected chi connectivity index (χ2v) is 4.73. The van der Waals surface area contributed by atoms with Gasteiger partial charge in [-0.2, -0.15) is 5.26 Å².